The van der Waals surface area contributed by atoms with E-state index in [1.165, 1.54) is 4.68 Å². The van der Waals surface area contributed by atoms with Crippen LogP contribution in [0.15, 0.2) is 33.9 Å². The summed E-state index contributed by atoms with van der Waals surface area (Å²) in [6, 6.07) is 3.51. The lowest BCUT2D eigenvalue weighted by Crippen LogP contribution is -2.38. The molecular formula is C15H16N4O3S. The van der Waals surface area contributed by atoms with Crippen LogP contribution in [0.3, 0.4) is 0 Å². The van der Waals surface area contributed by atoms with Gasteiger partial charge in [-0.2, -0.15) is 16.9 Å². The van der Waals surface area contributed by atoms with Crippen molar-refractivity contribution < 1.29 is 9.21 Å². The van der Waals surface area contributed by atoms with Gasteiger partial charge in [0.2, 0.25) is 5.91 Å². The van der Waals surface area contributed by atoms with Crippen LogP contribution in [-0.4, -0.2) is 49.6 Å². The molecule has 4 heterocycles. The lowest BCUT2D eigenvalue weighted by atomic mass is 10.3. The molecule has 1 aliphatic rings. The SMILES string of the molecule is O=C(CCn1ncn2c(cc3occc32)c1=O)N1CCSCC1. The van der Waals surface area contributed by atoms with E-state index >= 15 is 0 Å². The maximum Gasteiger partial charge on any atom is 0.291 e. The van der Waals surface area contributed by atoms with E-state index in [1.807, 2.05) is 16.7 Å². The molecule has 120 valence electrons. The van der Waals surface area contributed by atoms with E-state index in [4.69, 9.17) is 4.42 Å². The monoisotopic (exact) mass is 332 g/mol. The van der Waals surface area contributed by atoms with E-state index in [2.05, 4.69) is 5.10 Å². The molecule has 0 spiro atoms. The second-order valence-corrected chi connectivity index (χ2v) is 6.70. The Balaban J connectivity index is 1.55. The summed E-state index contributed by atoms with van der Waals surface area (Å²) >= 11 is 1.86. The van der Waals surface area contributed by atoms with Crippen molar-refractivity contribution in [2.24, 2.45) is 0 Å². The minimum absolute atomic E-state index is 0.0861. The lowest BCUT2D eigenvalue weighted by Gasteiger charge is -2.26. The number of hydrogen-bond acceptors (Lipinski definition) is 5. The fourth-order valence-electron chi connectivity index (χ4n) is 2.86. The van der Waals surface area contributed by atoms with Gasteiger partial charge in [0.25, 0.3) is 5.56 Å². The van der Waals surface area contributed by atoms with Crippen LogP contribution in [0.2, 0.25) is 0 Å². The lowest BCUT2D eigenvalue weighted by molar-refractivity contribution is -0.131. The Morgan fingerprint density at radius 3 is 2.96 bits per heavy atom. The number of amides is 1. The summed E-state index contributed by atoms with van der Waals surface area (Å²) in [6.07, 6.45) is 3.47. The number of thioether (sulfide) groups is 1. The number of aryl methyl sites for hydroxylation is 1. The number of hydrogen-bond donors (Lipinski definition) is 0. The molecule has 4 rings (SSSR count). The van der Waals surface area contributed by atoms with Crippen LogP contribution in [0.25, 0.3) is 16.6 Å². The first kappa shape index (κ1) is 14.4. The van der Waals surface area contributed by atoms with Gasteiger partial charge in [0, 0.05) is 43.1 Å². The average Bonchev–Trinajstić information content (AvgIpc) is 3.16. The molecule has 0 aliphatic carbocycles. The predicted octanol–water partition coefficient (Wildman–Crippen LogP) is 1.21. The first-order valence-electron chi connectivity index (χ1n) is 7.54. The van der Waals surface area contributed by atoms with Gasteiger partial charge in [-0.05, 0) is 0 Å². The van der Waals surface area contributed by atoms with E-state index in [0.717, 1.165) is 30.1 Å². The van der Waals surface area contributed by atoms with Gasteiger partial charge in [-0.1, -0.05) is 0 Å². The van der Waals surface area contributed by atoms with Crippen LogP contribution < -0.4 is 5.56 Å². The third kappa shape index (κ3) is 2.52. The molecule has 0 unspecified atom stereocenters. The normalized spacial score (nSPS) is 15.6. The average molecular weight is 332 g/mol. The third-order valence-electron chi connectivity index (χ3n) is 4.12. The molecule has 3 aromatic heterocycles. The number of carbonyl (C=O) groups is 1. The second kappa shape index (κ2) is 5.77. The minimum Gasteiger partial charge on any atom is -0.463 e. The van der Waals surface area contributed by atoms with Crippen molar-refractivity contribution in [2.45, 2.75) is 13.0 Å². The molecule has 0 bridgehead atoms. The first-order chi connectivity index (χ1) is 11.2. The van der Waals surface area contributed by atoms with E-state index < -0.39 is 0 Å². The smallest absolute Gasteiger partial charge is 0.291 e. The highest BCUT2D eigenvalue weighted by atomic mass is 32.2. The summed E-state index contributed by atoms with van der Waals surface area (Å²) in [7, 11) is 0. The predicted molar refractivity (Wildman–Crippen MR) is 87.7 cm³/mol. The zero-order valence-electron chi connectivity index (χ0n) is 12.5. The van der Waals surface area contributed by atoms with Crippen LogP contribution in [0.5, 0.6) is 0 Å². The van der Waals surface area contributed by atoms with Crippen molar-refractivity contribution in [3.63, 3.8) is 0 Å². The van der Waals surface area contributed by atoms with E-state index in [0.29, 0.717) is 24.1 Å². The molecule has 8 heteroatoms. The van der Waals surface area contributed by atoms with Crippen molar-refractivity contribution in [3.05, 3.63) is 35.1 Å². The Labute approximate surface area is 135 Å². The molecule has 0 aromatic carbocycles. The number of fused-ring (bicyclic) bond motifs is 3. The van der Waals surface area contributed by atoms with Crippen LogP contribution in [0, 0.1) is 0 Å². The third-order valence-corrected chi connectivity index (χ3v) is 5.06. The fraction of sp³-hybridized carbons (Fsp3) is 0.400. The summed E-state index contributed by atoms with van der Waals surface area (Å²) in [6.45, 7) is 1.88. The van der Waals surface area contributed by atoms with Crippen LogP contribution in [0.4, 0.5) is 0 Å². The summed E-state index contributed by atoms with van der Waals surface area (Å²) in [5.74, 6) is 2.06. The molecule has 1 aliphatic heterocycles. The topological polar surface area (TPSA) is 72.7 Å². The van der Waals surface area contributed by atoms with Gasteiger partial charge >= 0.3 is 0 Å². The molecule has 0 saturated carbocycles. The van der Waals surface area contributed by atoms with Gasteiger partial charge in [-0.15, -0.1) is 0 Å². The van der Waals surface area contributed by atoms with Gasteiger partial charge in [-0.25, -0.2) is 4.68 Å². The Kier molecular flexibility index (Phi) is 3.60. The quantitative estimate of drug-likeness (QED) is 0.721. The molecule has 0 radical (unpaired) electrons. The second-order valence-electron chi connectivity index (χ2n) is 5.47. The maximum absolute atomic E-state index is 12.5. The molecule has 1 saturated heterocycles. The van der Waals surface area contributed by atoms with Crippen LogP contribution >= 0.6 is 11.8 Å². The molecule has 1 amide bonds. The Hall–Kier alpha value is -2.22. The number of furan rings is 1. The fourth-order valence-corrected chi connectivity index (χ4v) is 3.77. The standard InChI is InChI=1S/C15H16N4O3S/c20-14(17-4-7-23-8-5-17)1-3-19-15(21)12-9-13-11(2-6-22-13)18(12)10-16-19/h2,6,9-10H,1,3-5,7-8H2. The molecule has 23 heavy (non-hydrogen) atoms. The van der Waals surface area contributed by atoms with Crippen molar-refractivity contribution in [1.82, 2.24) is 19.1 Å². The maximum atomic E-state index is 12.5. The Bertz CT molecular complexity index is 920. The summed E-state index contributed by atoms with van der Waals surface area (Å²) in [4.78, 5) is 26.6. The van der Waals surface area contributed by atoms with E-state index in [1.54, 1.807) is 29.1 Å². The molecule has 0 N–H and O–H groups in total. The highest BCUT2D eigenvalue weighted by Gasteiger charge is 2.17. The van der Waals surface area contributed by atoms with Gasteiger partial charge in [0.05, 0.1) is 18.3 Å². The summed E-state index contributed by atoms with van der Waals surface area (Å²) in [5.41, 5.74) is 1.78. The Morgan fingerprint density at radius 1 is 1.30 bits per heavy atom. The Morgan fingerprint density at radius 2 is 2.13 bits per heavy atom. The largest absolute Gasteiger partial charge is 0.463 e. The van der Waals surface area contributed by atoms with Crippen molar-refractivity contribution in [1.29, 1.82) is 0 Å². The zero-order valence-corrected chi connectivity index (χ0v) is 13.3. The number of rotatable bonds is 3. The zero-order chi connectivity index (χ0) is 15.8. The molecule has 7 nitrogen and oxygen atoms in total. The van der Waals surface area contributed by atoms with Gasteiger partial charge < -0.3 is 9.32 Å². The number of carbonyl (C=O) groups excluding carboxylic acids is 1. The molecule has 1 fully saturated rings. The van der Waals surface area contributed by atoms with Crippen LogP contribution in [0.1, 0.15) is 6.42 Å². The van der Waals surface area contributed by atoms with Gasteiger partial charge in [0.1, 0.15) is 11.8 Å². The van der Waals surface area contributed by atoms with E-state index in [9.17, 15) is 9.59 Å². The first-order valence-corrected chi connectivity index (χ1v) is 8.69. The summed E-state index contributed by atoms with van der Waals surface area (Å²) in [5, 5.41) is 4.18. The number of nitrogens with zero attached hydrogens (tertiary/aromatic N) is 4. The highest BCUT2D eigenvalue weighted by Crippen LogP contribution is 2.18. The van der Waals surface area contributed by atoms with Crippen molar-refractivity contribution in [3.8, 4) is 0 Å². The van der Waals surface area contributed by atoms with E-state index in [-0.39, 0.29) is 11.5 Å². The number of aromatic nitrogens is 3. The summed E-state index contributed by atoms with van der Waals surface area (Å²) < 4.78 is 8.38. The van der Waals surface area contributed by atoms with Gasteiger partial charge in [0.15, 0.2) is 5.58 Å². The minimum atomic E-state index is -0.208. The van der Waals surface area contributed by atoms with Crippen molar-refractivity contribution in [2.75, 3.05) is 24.6 Å². The molecular weight excluding hydrogens is 316 g/mol. The highest BCUT2D eigenvalue weighted by molar-refractivity contribution is 7.99. The van der Waals surface area contributed by atoms with Crippen LogP contribution in [-0.2, 0) is 11.3 Å². The van der Waals surface area contributed by atoms with Crippen molar-refractivity contribution >= 4 is 34.3 Å². The molecule has 3 aromatic rings. The molecule has 0 atom stereocenters. The van der Waals surface area contributed by atoms with Gasteiger partial charge in [-0.3, -0.25) is 14.0 Å².